The summed E-state index contributed by atoms with van der Waals surface area (Å²) in [4.78, 5) is 30.6. The predicted molar refractivity (Wildman–Crippen MR) is 113 cm³/mol. The summed E-state index contributed by atoms with van der Waals surface area (Å²) in [6.45, 7) is 3.49. The number of anilines is 1. The summed E-state index contributed by atoms with van der Waals surface area (Å²) < 4.78 is 1.69. The summed E-state index contributed by atoms with van der Waals surface area (Å²) in [5, 5.41) is 13.0. The van der Waals surface area contributed by atoms with Crippen LogP contribution in [0.25, 0.3) is 25.7 Å². The maximum Gasteiger partial charge on any atom is 0.265 e. The second-order valence-electron chi connectivity index (χ2n) is 6.33. The number of phenolic OH excluding ortho intramolecular Hbond substituents is 1. The van der Waals surface area contributed by atoms with Crippen LogP contribution in [-0.2, 0) is 0 Å². The van der Waals surface area contributed by atoms with Crippen LogP contribution in [-0.4, -0.2) is 20.6 Å². The van der Waals surface area contributed by atoms with Crippen molar-refractivity contribution in [3.05, 3.63) is 56.8 Å². The molecule has 1 amide bonds. The van der Waals surface area contributed by atoms with Gasteiger partial charge in [0, 0.05) is 17.1 Å². The van der Waals surface area contributed by atoms with Crippen molar-refractivity contribution in [1.29, 1.82) is 0 Å². The molecule has 0 radical (unpaired) electrons. The van der Waals surface area contributed by atoms with E-state index in [1.807, 2.05) is 5.38 Å². The summed E-state index contributed by atoms with van der Waals surface area (Å²) >= 11 is 2.69. The van der Waals surface area contributed by atoms with Gasteiger partial charge in [-0.3, -0.25) is 14.2 Å². The maximum atomic E-state index is 13.4. The van der Waals surface area contributed by atoms with E-state index in [2.05, 4.69) is 4.98 Å². The van der Waals surface area contributed by atoms with E-state index >= 15 is 0 Å². The number of thiophene rings is 1. The van der Waals surface area contributed by atoms with Crippen molar-refractivity contribution in [2.75, 3.05) is 5.73 Å². The fraction of sp³-hybridized carbons (Fsp3) is 0.105. The highest BCUT2D eigenvalue weighted by molar-refractivity contribution is 7.25. The molecule has 5 N–H and O–H groups in total. The summed E-state index contributed by atoms with van der Waals surface area (Å²) in [6.07, 6.45) is 1.67. The fourth-order valence-electron chi connectivity index (χ4n) is 3.27. The highest BCUT2D eigenvalue weighted by Gasteiger charge is 2.24. The molecule has 28 heavy (non-hydrogen) atoms. The lowest BCUT2D eigenvalue weighted by molar-refractivity contribution is 0.100. The van der Waals surface area contributed by atoms with E-state index in [1.54, 1.807) is 38.2 Å². The van der Waals surface area contributed by atoms with E-state index < -0.39 is 5.91 Å². The SMILES string of the molecule is Cc1ccc(O)c(C)c1-n1c(N)c(C(N)=O)c2sc(-c3nccs3)cc2c1=O. The molecule has 0 spiro atoms. The number of benzene rings is 1. The minimum Gasteiger partial charge on any atom is -0.508 e. The molecule has 3 heterocycles. The third kappa shape index (κ3) is 2.59. The van der Waals surface area contributed by atoms with Gasteiger partial charge in [0.05, 0.1) is 26.2 Å². The Hall–Kier alpha value is -3.17. The Kier molecular flexibility index (Phi) is 4.20. The molecule has 7 nitrogen and oxygen atoms in total. The van der Waals surface area contributed by atoms with Crippen molar-refractivity contribution in [3.8, 4) is 21.3 Å². The number of nitrogens with two attached hydrogens (primary N) is 2. The minimum atomic E-state index is -0.723. The van der Waals surface area contributed by atoms with Crippen LogP contribution in [0.4, 0.5) is 5.82 Å². The number of carbonyl (C=O) groups excluding carboxylic acids is 1. The molecule has 4 rings (SSSR count). The molecule has 4 aromatic rings. The molecule has 9 heteroatoms. The molecule has 0 unspecified atom stereocenters. The summed E-state index contributed by atoms with van der Waals surface area (Å²) in [5.74, 6) is -0.741. The van der Waals surface area contributed by atoms with E-state index in [-0.39, 0.29) is 22.7 Å². The van der Waals surface area contributed by atoms with Gasteiger partial charge >= 0.3 is 0 Å². The molecule has 0 aliphatic heterocycles. The Morgan fingerprint density at radius 2 is 2.04 bits per heavy atom. The average Bonchev–Trinajstić information content (AvgIpc) is 3.30. The molecule has 0 aliphatic rings. The number of amides is 1. The number of primary amides is 1. The minimum absolute atomic E-state index is 0.0291. The van der Waals surface area contributed by atoms with Crippen LogP contribution in [0.3, 0.4) is 0 Å². The Morgan fingerprint density at radius 3 is 2.68 bits per heavy atom. The lowest BCUT2D eigenvalue weighted by Crippen LogP contribution is -2.27. The lowest BCUT2D eigenvalue weighted by Gasteiger charge is -2.18. The number of nitrogens with zero attached hydrogens (tertiary/aromatic N) is 2. The number of phenols is 1. The average molecular weight is 412 g/mol. The Balaban J connectivity index is 2.17. The number of hydrogen-bond acceptors (Lipinski definition) is 7. The van der Waals surface area contributed by atoms with Gasteiger partial charge in [0.2, 0.25) is 0 Å². The first-order valence-electron chi connectivity index (χ1n) is 8.28. The van der Waals surface area contributed by atoms with Gasteiger partial charge in [0.1, 0.15) is 16.6 Å². The van der Waals surface area contributed by atoms with E-state index in [9.17, 15) is 14.7 Å². The molecule has 0 fully saturated rings. The first kappa shape index (κ1) is 18.2. The van der Waals surface area contributed by atoms with E-state index in [1.165, 1.54) is 27.2 Å². The first-order valence-corrected chi connectivity index (χ1v) is 9.98. The van der Waals surface area contributed by atoms with Crippen LogP contribution in [0, 0.1) is 13.8 Å². The molecule has 3 aromatic heterocycles. The Morgan fingerprint density at radius 1 is 1.29 bits per heavy atom. The number of fused-ring (bicyclic) bond motifs is 1. The number of carbonyl (C=O) groups is 1. The van der Waals surface area contributed by atoms with Crippen LogP contribution in [0.15, 0.2) is 34.6 Å². The zero-order valence-corrected chi connectivity index (χ0v) is 16.6. The summed E-state index contributed by atoms with van der Waals surface area (Å²) in [7, 11) is 0. The van der Waals surface area contributed by atoms with Crippen LogP contribution >= 0.6 is 22.7 Å². The Bertz CT molecular complexity index is 1300. The fourth-order valence-corrected chi connectivity index (χ4v) is 5.19. The monoisotopic (exact) mass is 412 g/mol. The van der Waals surface area contributed by atoms with Crippen molar-refractivity contribution >= 4 is 44.5 Å². The standard InChI is InChI=1S/C19H16N4O3S2/c1-8-3-4-11(24)9(2)14(8)23-16(20)13(17(21)25)15-10(19(23)26)7-12(28-15)18-22-5-6-27-18/h3-7,24H,20H2,1-2H3,(H2,21,25). The molecular weight excluding hydrogens is 396 g/mol. The molecule has 0 saturated heterocycles. The van der Waals surface area contributed by atoms with E-state index in [0.29, 0.717) is 21.3 Å². The molecule has 0 atom stereocenters. The van der Waals surface area contributed by atoms with Gasteiger partial charge < -0.3 is 16.6 Å². The van der Waals surface area contributed by atoms with Gasteiger partial charge in [-0.2, -0.15) is 0 Å². The van der Waals surface area contributed by atoms with E-state index in [4.69, 9.17) is 11.5 Å². The van der Waals surface area contributed by atoms with Crippen molar-refractivity contribution in [1.82, 2.24) is 9.55 Å². The van der Waals surface area contributed by atoms with Gasteiger partial charge in [-0.05, 0) is 31.5 Å². The molecule has 0 aliphatic carbocycles. The summed E-state index contributed by atoms with van der Waals surface area (Å²) in [6, 6.07) is 4.94. The molecule has 142 valence electrons. The topological polar surface area (TPSA) is 124 Å². The van der Waals surface area contributed by atoms with Crippen molar-refractivity contribution in [2.24, 2.45) is 5.73 Å². The molecular formula is C19H16N4O3S2. The smallest absolute Gasteiger partial charge is 0.265 e. The molecule has 1 aromatic carbocycles. The largest absolute Gasteiger partial charge is 0.508 e. The second kappa shape index (κ2) is 6.47. The van der Waals surface area contributed by atoms with Gasteiger partial charge in [-0.15, -0.1) is 22.7 Å². The number of nitrogen functional groups attached to an aromatic ring is 1. The molecule has 0 saturated carbocycles. The molecule has 0 bridgehead atoms. The van der Waals surface area contributed by atoms with Gasteiger partial charge in [0.15, 0.2) is 0 Å². The zero-order chi connectivity index (χ0) is 20.2. The normalized spacial score (nSPS) is 11.2. The number of aryl methyl sites for hydroxylation is 1. The highest BCUT2D eigenvalue weighted by Crippen LogP contribution is 2.38. The number of rotatable bonds is 3. The van der Waals surface area contributed by atoms with Crippen molar-refractivity contribution in [2.45, 2.75) is 13.8 Å². The van der Waals surface area contributed by atoms with Crippen LogP contribution in [0.1, 0.15) is 21.5 Å². The quantitative estimate of drug-likeness (QED) is 0.477. The number of hydrogen-bond donors (Lipinski definition) is 3. The Labute approximate surface area is 167 Å². The van der Waals surface area contributed by atoms with Gasteiger partial charge in [0.25, 0.3) is 11.5 Å². The second-order valence-corrected chi connectivity index (χ2v) is 8.28. The first-order chi connectivity index (χ1) is 13.3. The number of pyridine rings is 1. The van der Waals surface area contributed by atoms with Crippen LogP contribution in [0.2, 0.25) is 0 Å². The number of aromatic nitrogens is 2. The van der Waals surface area contributed by atoms with Gasteiger partial charge in [-0.25, -0.2) is 4.98 Å². The zero-order valence-electron chi connectivity index (χ0n) is 15.0. The summed E-state index contributed by atoms with van der Waals surface area (Å²) in [5.41, 5.74) is 13.3. The van der Waals surface area contributed by atoms with Crippen LogP contribution in [0.5, 0.6) is 5.75 Å². The third-order valence-corrected chi connectivity index (χ3v) is 6.70. The van der Waals surface area contributed by atoms with Crippen molar-refractivity contribution < 1.29 is 9.90 Å². The predicted octanol–water partition coefficient (Wildman–Crippen LogP) is 3.18. The highest BCUT2D eigenvalue weighted by atomic mass is 32.1. The van der Waals surface area contributed by atoms with Crippen molar-refractivity contribution in [3.63, 3.8) is 0 Å². The maximum absolute atomic E-state index is 13.4. The van der Waals surface area contributed by atoms with E-state index in [0.717, 1.165) is 15.4 Å². The number of thiazole rings is 1. The lowest BCUT2D eigenvalue weighted by atomic mass is 10.1. The number of aromatic hydroxyl groups is 1. The van der Waals surface area contributed by atoms with Crippen LogP contribution < -0.4 is 17.0 Å². The van der Waals surface area contributed by atoms with Gasteiger partial charge in [-0.1, -0.05) is 6.07 Å². The third-order valence-electron chi connectivity index (χ3n) is 4.61.